The second kappa shape index (κ2) is 28.6. The predicted octanol–water partition coefficient (Wildman–Crippen LogP) is 12.5. The minimum atomic E-state index is -1.05. The Hall–Kier alpha value is -3.84. The first-order chi connectivity index (χ1) is 25.8. The standard InChI is InChI=1S/C40H62O5.C6H6O2/c1-5-9-11-13-15-23-31-35(25-7-3)43-39(41)37(33-27-19-17-20-28-33)45-38(34-29-21-18-22-30-34)40(42)44-36(26-8-4)32-24-16-14-12-10-6-2;7-5-1-2-6(8)4-3-5/h17-22,27-30,35-38H,5-16,23-26,31-32H2,1-4H3;1-4,7-8H. The van der Waals surface area contributed by atoms with E-state index in [-0.39, 0.29) is 23.7 Å². The molecule has 294 valence electrons. The van der Waals surface area contributed by atoms with Crippen LogP contribution in [-0.4, -0.2) is 34.4 Å². The van der Waals surface area contributed by atoms with Gasteiger partial charge in [0.05, 0.1) is 0 Å². The van der Waals surface area contributed by atoms with Crippen LogP contribution in [0.2, 0.25) is 0 Å². The minimum Gasteiger partial charge on any atom is -0.508 e. The summed E-state index contributed by atoms with van der Waals surface area (Å²) < 4.78 is 18.8. The van der Waals surface area contributed by atoms with E-state index in [0.717, 1.165) is 64.2 Å². The van der Waals surface area contributed by atoms with Gasteiger partial charge in [0.1, 0.15) is 23.7 Å². The maximum atomic E-state index is 13.9. The molecule has 0 aliphatic heterocycles. The third kappa shape index (κ3) is 19.7. The molecule has 4 unspecified atom stereocenters. The molecule has 0 radical (unpaired) electrons. The zero-order valence-electron chi connectivity index (χ0n) is 33.1. The lowest BCUT2D eigenvalue weighted by Gasteiger charge is -2.27. The molecular formula is C46H68O7. The van der Waals surface area contributed by atoms with Crippen LogP contribution in [0.3, 0.4) is 0 Å². The molecular weight excluding hydrogens is 664 g/mol. The van der Waals surface area contributed by atoms with Crippen molar-refractivity contribution in [2.45, 2.75) is 168 Å². The number of rotatable bonds is 26. The number of hydrogen-bond donors (Lipinski definition) is 2. The fraction of sp³-hybridized carbons (Fsp3) is 0.565. The minimum absolute atomic E-state index is 0.169. The molecule has 0 saturated heterocycles. The molecule has 0 aliphatic rings. The van der Waals surface area contributed by atoms with Crippen LogP contribution in [0.5, 0.6) is 11.5 Å². The summed E-state index contributed by atoms with van der Waals surface area (Å²) in [6, 6.07) is 24.5. The second-order valence-corrected chi connectivity index (χ2v) is 14.0. The first kappa shape index (κ1) is 45.3. The lowest BCUT2D eigenvalue weighted by molar-refractivity contribution is -0.180. The van der Waals surface area contributed by atoms with Gasteiger partial charge >= 0.3 is 11.9 Å². The highest BCUT2D eigenvalue weighted by Gasteiger charge is 2.34. The van der Waals surface area contributed by atoms with Gasteiger partial charge in [0.2, 0.25) is 0 Å². The molecule has 0 aromatic heterocycles. The highest BCUT2D eigenvalue weighted by Crippen LogP contribution is 2.31. The van der Waals surface area contributed by atoms with Gasteiger partial charge < -0.3 is 24.4 Å². The third-order valence-electron chi connectivity index (χ3n) is 9.30. The van der Waals surface area contributed by atoms with Crippen molar-refractivity contribution in [1.29, 1.82) is 0 Å². The lowest BCUT2D eigenvalue weighted by Crippen LogP contribution is -2.30. The van der Waals surface area contributed by atoms with Crippen molar-refractivity contribution in [2.75, 3.05) is 0 Å². The Morgan fingerprint density at radius 3 is 1.13 bits per heavy atom. The second-order valence-electron chi connectivity index (χ2n) is 14.0. The predicted molar refractivity (Wildman–Crippen MR) is 215 cm³/mol. The summed E-state index contributed by atoms with van der Waals surface area (Å²) in [5.41, 5.74) is 1.34. The van der Waals surface area contributed by atoms with Crippen molar-refractivity contribution in [3.8, 4) is 11.5 Å². The fourth-order valence-electron chi connectivity index (χ4n) is 6.31. The van der Waals surface area contributed by atoms with Crippen LogP contribution in [0.4, 0.5) is 0 Å². The molecule has 3 rings (SSSR count). The Bertz CT molecular complexity index is 1230. The summed E-state index contributed by atoms with van der Waals surface area (Å²) in [5.74, 6) is -0.557. The third-order valence-corrected chi connectivity index (χ3v) is 9.30. The molecule has 0 heterocycles. The number of carbonyl (C=O) groups is 2. The number of esters is 2. The van der Waals surface area contributed by atoms with Gasteiger partial charge in [-0.3, -0.25) is 0 Å². The van der Waals surface area contributed by atoms with Gasteiger partial charge in [-0.25, -0.2) is 9.59 Å². The normalized spacial score (nSPS) is 13.2. The Morgan fingerprint density at radius 1 is 0.453 bits per heavy atom. The molecule has 0 aliphatic carbocycles. The molecule has 0 bridgehead atoms. The van der Waals surface area contributed by atoms with Gasteiger partial charge in [-0.15, -0.1) is 0 Å². The maximum Gasteiger partial charge on any atom is 0.340 e. The van der Waals surface area contributed by atoms with Crippen LogP contribution in [0, 0.1) is 0 Å². The summed E-state index contributed by atoms with van der Waals surface area (Å²) in [6.07, 6.45) is 17.1. The molecule has 3 aromatic carbocycles. The van der Waals surface area contributed by atoms with E-state index in [2.05, 4.69) is 27.7 Å². The van der Waals surface area contributed by atoms with Crippen molar-refractivity contribution >= 4 is 11.9 Å². The number of phenolic OH excluding ortho intramolecular Hbond substituents is 2. The van der Waals surface area contributed by atoms with Gasteiger partial charge in [0.15, 0.2) is 12.2 Å². The van der Waals surface area contributed by atoms with E-state index in [4.69, 9.17) is 24.4 Å². The summed E-state index contributed by atoms with van der Waals surface area (Å²) >= 11 is 0. The summed E-state index contributed by atoms with van der Waals surface area (Å²) in [7, 11) is 0. The van der Waals surface area contributed by atoms with Gasteiger partial charge in [0.25, 0.3) is 0 Å². The number of benzene rings is 3. The van der Waals surface area contributed by atoms with E-state index in [1.807, 2.05) is 60.7 Å². The Labute approximate surface area is 320 Å². The topological polar surface area (TPSA) is 102 Å². The molecule has 7 heteroatoms. The van der Waals surface area contributed by atoms with Crippen LogP contribution >= 0.6 is 0 Å². The number of aromatic hydroxyl groups is 2. The van der Waals surface area contributed by atoms with Gasteiger partial charge in [0, 0.05) is 0 Å². The van der Waals surface area contributed by atoms with E-state index in [1.54, 1.807) is 0 Å². The van der Waals surface area contributed by atoms with E-state index in [1.165, 1.54) is 75.6 Å². The van der Waals surface area contributed by atoms with Crippen molar-refractivity contribution in [3.63, 3.8) is 0 Å². The first-order valence-corrected chi connectivity index (χ1v) is 20.5. The summed E-state index contributed by atoms with van der Waals surface area (Å²) in [4.78, 5) is 27.7. The van der Waals surface area contributed by atoms with E-state index >= 15 is 0 Å². The molecule has 7 nitrogen and oxygen atoms in total. The maximum absolute atomic E-state index is 13.9. The largest absolute Gasteiger partial charge is 0.508 e. The van der Waals surface area contributed by atoms with E-state index < -0.39 is 24.1 Å². The molecule has 0 saturated carbocycles. The van der Waals surface area contributed by atoms with Crippen LogP contribution in [0.15, 0.2) is 84.9 Å². The Morgan fingerprint density at radius 2 is 0.792 bits per heavy atom. The van der Waals surface area contributed by atoms with E-state index in [0.29, 0.717) is 11.1 Å². The number of phenols is 2. The zero-order chi connectivity index (χ0) is 38.5. The number of ether oxygens (including phenoxy) is 3. The molecule has 53 heavy (non-hydrogen) atoms. The average Bonchev–Trinajstić information content (AvgIpc) is 3.17. The van der Waals surface area contributed by atoms with Crippen LogP contribution < -0.4 is 0 Å². The molecule has 0 fully saturated rings. The highest BCUT2D eigenvalue weighted by molar-refractivity contribution is 5.80. The average molecular weight is 733 g/mol. The van der Waals surface area contributed by atoms with Crippen LogP contribution in [-0.2, 0) is 23.8 Å². The smallest absolute Gasteiger partial charge is 0.340 e. The van der Waals surface area contributed by atoms with E-state index in [9.17, 15) is 9.59 Å². The summed E-state index contributed by atoms with van der Waals surface area (Å²) in [6.45, 7) is 8.69. The molecule has 0 amide bonds. The monoisotopic (exact) mass is 732 g/mol. The van der Waals surface area contributed by atoms with Crippen molar-refractivity contribution < 1.29 is 34.0 Å². The SMILES string of the molecule is CCCCCCCCC(CCC)OC(=O)C(OC(C(=O)OC(CCC)CCCCCCCC)c1ccccc1)c1ccccc1.Oc1ccc(O)cc1. The van der Waals surface area contributed by atoms with Crippen molar-refractivity contribution in [3.05, 3.63) is 96.1 Å². The Balaban J connectivity index is 0.00000107. The van der Waals surface area contributed by atoms with Crippen molar-refractivity contribution in [1.82, 2.24) is 0 Å². The van der Waals surface area contributed by atoms with Crippen molar-refractivity contribution in [2.24, 2.45) is 0 Å². The lowest BCUT2D eigenvalue weighted by atomic mass is 10.0. The molecule has 2 N–H and O–H groups in total. The van der Waals surface area contributed by atoms with Crippen LogP contribution in [0.25, 0.3) is 0 Å². The quantitative estimate of drug-likeness (QED) is 0.0481. The number of hydrogen-bond acceptors (Lipinski definition) is 7. The zero-order valence-corrected chi connectivity index (χ0v) is 33.1. The summed E-state index contributed by atoms with van der Waals surface area (Å²) in [5, 5.41) is 17.3. The van der Waals surface area contributed by atoms with Gasteiger partial charge in [-0.1, -0.05) is 165 Å². The molecule has 3 aromatic rings. The first-order valence-electron chi connectivity index (χ1n) is 20.5. The number of unbranched alkanes of at least 4 members (excludes halogenated alkanes) is 10. The molecule has 0 spiro atoms. The number of carbonyl (C=O) groups excluding carboxylic acids is 2. The van der Waals surface area contributed by atoms with Gasteiger partial charge in [-0.2, -0.15) is 0 Å². The van der Waals surface area contributed by atoms with Crippen LogP contribution in [0.1, 0.15) is 167 Å². The molecule has 4 atom stereocenters. The van der Waals surface area contributed by atoms with Gasteiger partial charge in [-0.05, 0) is 73.9 Å². The highest BCUT2D eigenvalue weighted by atomic mass is 16.6. The fourth-order valence-corrected chi connectivity index (χ4v) is 6.31. The Kier molecular flexibility index (Phi) is 24.5.